The van der Waals surface area contributed by atoms with E-state index in [1.54, 1.807) is 38.1 Å². The number of aliphatic hydroxyl groups is 1. The Labute approximate surface area is 195 Å². The number of carbonyl (C=O) groups is 1. The fraction of sp³-hybridized carbons (Fsp3) is 0.333. The molecule has 6 nitrogen and oxygen atoms in total. The number of hydrogen-bond donors (Lipinski definition) is 3. The number of nitrogens with zero attached hydrogens (tertiary/aromatic N) is 2. The van der Waals surface area contributed by atoms with Crippen molar-refractivity contribution in [2.45, 2.75) is 38.6 Å². The number of anilines is 2. The van der Waals surface area contributed by atoms with Crippen LogP contribution in [0.3, 0.4) is 0 Å². The lowest BCUT2D eigenvalue weighted by Crippen LogP contribution is -2.21. The van der Waals surface area contributed by atoms with E-state index in [4.69, 9.17) is 5.73 Å². The number of carbonyl (C=O) groups excluding carboxylic acids is 1. The van der Waals surface area contributed by atoms with Gasteiger partial charge in [0.25, 0.3) is 5.91 Å². The molecular formula is C24H26F2N4O2S. The van der Waals surface area contributed by atoms with Gasteiger partial charge in [-0.15, -0.1) is 11.3 Å². The molecule has 0 aliphatic carbocycles. The summed E-state index contributed by atoms with van der Waals surface area (Å²) in [6.07, 6.45) is -0.266. The number of benzene rings is 1. The van der Waals surface area contributed by atoms with Gasteiger partial charge in [-0.05, 0) is 50.1 Å². The molecule has 0 bridgehead atoms. The minimum atomic E-state index is -1.17. The fourth-order valence-electron chi connectivity index (χ4n) is 3.81. The van der Waals surface area contributed by atoms with Crippen LogP contribution >= 0.6 is 11.3 Å². The second-order valence-corrected chi connectivity index (χ2v) is 9.78. The van der Waals surface area contributed by atoms with Crippen LogP contribution in [0.2, 0.25) is 0 Å². The minimum Gasteiger partial charge on any atom is -0.386 e. The van der Waals surface area contributed by atoms with Gasteiger partial charge in [-0.25, -0.2) is 13.8 Å². The number of amides is 1. The lowest BCUT2D eigenvalue weighted by molar-refractivity contribution is 0.0782. The second kappa shape index (κ2) is 9.17. The summed E-state index contributed by atoms with van der Waals surface area (Å²) in [7, 11) is 0. The van der Waals surface area contributed by atoms with Crippen LogP contribution < -0.4 is 11.1 Å². The van der Waals surface area contributed by atoms with Crippen LogP contribution in [-0.4, -0.2) is 40.2 Å². The Kier molecular flexibility index (Phi) is 6.47. The van der Waals surface area contributed by atoms with E-state index in [1.165, 1.54) is 17.4 Å². The summed E-state index contributed by atoms with van der Waals surface area (Å²) in [5.74, 6) is -0.636. The maximum atomic E-state index is 14.8. The molecule has 0 spiro atoms. The Morgan fingerprint density at radius 2 is 2.12 bits per heavy atom. The van der Waals surface area contributed by atoms with E-state index in [0.29, 0.717) is 52.9 Å². The van der Waals surface area contributed by atoms with E-state index < -0.39 is 23.5 Å². The Morgan fingerprint density at radius 1 is 1.33 bits per heavy atom. The van der Waals surface area contributed by atoms with Crippen LogP contribution in [0.25, 0.3) is 10.4 Å². The number of hydrogen-bond acceptors (Lipinski definition) is 6. The molecule has 1 aromatic carbocycles. The predicted octanol–water partition coefficient (Wildman–Crippen LogP) is 4.56. The zero-order valence-electron chi connectivity index (χ0n) is 18.4. The van der Waals surface area contributed by atoms with Crippen molar-refractivity contribution in [2.24, 2.45) is 5.73 Å². The average molecular weight is 473 g/mol. The number of halogens is 2. The van der Waals surface area contributed by atoms with Crippen LogP contribution in [0.4, 0.5) is 19.6 Å². The van der Waals surface area contributed by atoms with E-state index >= 15 is 0 Å². The number of nitrogens with two attached hydrogens (primary N) is 1. The Bertz CT molecular complexity index is 1180. The molecule has 3 aromatic rings. The molecule has 4 N–H and O–H groups in total. The van der Waals surface area contributed by atoms with Crippen molar-refractivity contribution in [3.63, 3.8) is 0 Å². The predicted molar refractivity (Wildman–Crippen MR) is 126 cm³/mol. The van der Waals surface area contributed by atoms with Crippen LogP contribution in [0, 0.1) is 5.82 Å². The Hall–Kier alpha value is -2.88. The van der Waals surface area contributed by atoms with E-state index in [1.807, 2.05) is 17.0 Å². The number of thiophene rings is 1. The molecule has 33 heavy (non-hydrogen) atoms. The normalized spacial score (nSPS) is 16.8. The van der Waals surface area contributed by atoms with Gasteiger partial charge in [-0.2, -0.15) is 0 Å². The van der Waals surface area contributed by atoms with Crippen LogP contribution in [-0.2, 0) is 12.1 Å². The van der Waals surface area contributed by atoms with Crippen molar-refractivity contribution in [3.8, 4) is 10.4 Å². The minimum absolute atomic E-state index is 0.230. The van der Waals surface area contributed by atoms with Gasteiger partial charge in [0.2, 0.25) is 0 Å². The van der Waals surface area contributed by atoms with Crippen LogP contribution in [0.15, 0.2) is 42.5 Å². The van der Waals surface area contributed by atoms with Crippen molar-refractivity contribution in [1.82, 2.24) is 9.88 Å². The van der Waals surface area contributed by atoms with Crippen molar-refractivity contribution in [3.05, 3.63) is 65.1 Å². The summed E-state index contributed by atoms with van der Waals surface area (Å²) < 4.78 is 28.3. The van der Waals surface area contributed by atoms with Crippen molar-refractivity contribution < 1.29 is 18.7 Å². The van der Waals surface area contributed by atoms with Gasteiger partial charge in [0, 0.05) is 30.1 Å². The number of nitrogens with one attached hydrogen (secondary N) is 1. The summed E-state index contributed by atoms with van der Waals surface area (Å²) in [4.78, 5) is 19.2. The van der Waals surface area contributed by atoms with Gasteiger partial charge >= 0.3 is 0 Å². The third kappa shape index (κ3) is 5.38. The third-order valence-corrected chi connectivity index (χ3v) is 6.67. The van der Waals surface area contributed by atoms with E-state index in [2.05, 4.69) is 10.3 Å². The zero-order chi connectivity index (χ0) is 23.8. The number of primary amides is 1. The monoisotopic (exact) mass is 472 g/mol. The number of pyridine rings is 1. The smallest absolute Gasteiger partial charge is 0.251 e. The topological polar surface area (TPSA) is 91.5 Å². The third-order valence-electron chi connectivity index (χ3n) is 5.59. The molecule has 9 heteroatoms. The first-order valence-electron chi connectivity index (χ1n) is 10.7. The number of likely N-dealkylation sites (tertiary alicyclic amines) is 1. The van der Waals surface area contributed by atoms with Gasteiger partial charge in [-0.1, -0.05) is 18.2 Å². The molecule has 1 aliphatic rings. The molecule has 1 atom stereocenters. The lowest BCUT2D eigenvalue weighted by atomic mass is 9.96. The largest absolute Gasteiger partial charge is 0.386 e. The Balaban J connectivity index is 1.59. The molecule has 0 radical (unpaired) electrons. The van der Waals surface area contributed by atoms with E-state index in [9.17, 15) is 18.7 Å². The Morgan fingerprint density at radius 3 is 2.76 bits per heavy atom. The summed E-state index contributed by atoms with van der Waals surface area (Å²) in [5, 5.41) is 13.7. The fourth-order valence-corrected chi connectivity index (χ4v) is 4.90. The standard InChI is InChI=1S/C24H26F2N4O2S/c1-24(2,32)14-6-7-17(19(26)10-14)20-11-18(22(27)31)23(33-20)29-21-5-3-4-16(28-21)13-30-9-8-15(25)12-30/h3-7,10-11,15,32H,8-9,12-13H2,1-2H3,(H2,27,31)(H,28,29)/t15-/m0/s1. The summed E-state index contributed by atoms with van der Waals surface area (Å²) in [6.45, 7) is 4.80. The highest BCUT2D eigenvalue weighted by Crippen LogP contribution is 2.38. The highest BCUT2D eigenvalue weighted by atomic mass is 32.1. The first-order chi connectivity index (χ1) is 15.6. The van der Waals surface area contributed by atoms with Crippen molar-refractivity contribution >= 4 is 28.1 Å². The molecular weight excluding hydrogens is 446 g/mol. The van der Waals surface area contributed by atoms with Gasteiger partial charge < -0.3 is 16.2 Å². The van der Waals surface area contributed by atoms with Gasteiger partial charge in [0.05, 0.1) is 16.9 Å². The molecule has 4 rings (SSSR count). The van der Waals surface area contributed by atoms with E-state index in [-0.39, 0.29) is 5.56 Å². The molecule has 1 aliphatic heterocycles. The summed E-state index contributed by atoms with van der Waals surface area (Å²) in [6, 6.07) is 11.5. The zero-order valence-corrected chi connectivity index (χ0v) is 19.3. The maximum Gasteiger partial charge on any atom is 0.251 e. The number of alkyl halides is 1. The van der Waals surface area contributed by atoms with E-state index in [0.717, 1.165) is 5.69 Å². The lowest BCUT2D eigenvalue weighted by Gasteiger charge is -2.18. The molecule has 2 aromatic heterocycles. The van der Waals surface area contributed by atoms with Crippen molar-refractivity contribution in [2.75, 3.05) is 18.4 Å². The molecule has 0 saturated carbocycles. The molecule has 0 unspecified atom stereocenters. The van der Waals surface area contributed by atoms with Gasteiger partial charge in [0.15, 0.2) is 0 Å². The van der Waals surface area contributed by atoms with Crippen LogP contribution in [0.1, 0.15) is 41.9 Å². The van der Waals surface area contributed by atoms with Crippen LogP contribution in [0.5, 0.6) is 0 Å². The van der Waals surface area contributed by atoms with Crippen molar-refractivity contribution in [1.29, 1.82) is 0 Å². The highest BCUT2D eigenvalue weighted by molar-refractivity contribution is 7.19. The maximum absolute atomic E-state index is 14.8. The molecule has 174 valence electrons. The molecule has 1 amide bonds. The van der Waals surface area contributed by atoms with Gasteiger partial charge in [-0.3, -0.25) is 9.69 Å². The SMILES string of the molecule is CC(C)(O)c1ccc(-c2cc(C(N)=O)c(Nc3cccc(CN4CC[C@H](F)C4)n3)s2)c(F)c1. The summed E-state index contributed by atoms with van der Waals surface area (Å²) >= 11 is 1.19. The first-order valence-corrected chi connectivity index (χ1v) is 11.5. The highest BCUT2D eigenvalue weighted by Gasteiger charge is 2.23. The molecule has 1 fully saturated rings. The second-order valence-electron chi connectivity index (χ2n) is 8.73. The molecule has 3 heterocycles. The molecule has 1 saturated heterocycles. The van der Waals surface area contributed by atoms with Gasteiger partial charge in [0.1, 0.15) is 22.8 Å². The first kappa shape index (κ1) is 23.3. The number of rotatable bonds is 7. The quantitative estimate of drug-likeness (QED) is 0.469. The summed E-state index contributed by atoms with van der Waals surface area (Å²) in [5.41, 5.74) is 6.16. The number of aromatic nitrogens is 1. The average Bonchev–Trinajstić information content (AvgIpc) is 3.33.